The van der Waals surface area contributed by atoms with E-state index in [0.29, 0.717) is 17.0 Å². The number of rotatable bonds is 2. The summed E-state index contributed by atoms with van der Waals surface area (Å²) >= 11 is 0. The number of aryl methyl sites for hydroxylation is 1. The summed E-state index contributed by atoms with van der Waals surface area (Å²) in [6.07, 6.45) is 2.00. The first-order chi connectivity index (χ1) is 10.1. The highest BCUT2D eigenvalue weighted by atomic mass is 19.1. The van der Waals surface area contributed by atoms with E-state index in [0.717, 1.165) is 37.1 Å². The molecule has 0 amide bonds. The summed E-state index contributed by atoms with van der Waals surface area (Å²) in [4.78, 5) is 0. The largest absolute Gasteiger partial charge is 0.317 e. The molecular formula is C18H19F2N. The molecule has 21 heavy (non-hydrogen) atoms. The lowest BCUT2D eigenvalue weighted by atomic mass is 9.88. The van der Waals surface area contributed by atoms with E-state index in [4.69, 9.17) is 0 Å². The minimum atomic E-state index is -0.303. The maximum atomic E-state index is 14.0. The van der Waals surface area contributed by atoms with Crippen LogP contribution in [-0.4, -0.2) is 13.1 Å². The molecule has 0 unspecified atom stereocenters. The van der Waals surface area contributed by atoms with Gasteiger partial charge in [0.2, 0.25) is 0 Å². The van der Waals surface area contributed by atoms with E-state index in [-0.39, 0.29) is 11.6 Å². The van der Waals surface area contributed by atoms with Crippen molar-refractivity contribution in [3.63, 3.8) is 0 Å². The normalized spacial score (nSPS) is 16.1. The molecule has 0 bridgehead atoms. The quantitative estimate of drug-likeness (QED) is 0.863. The Kier molecular flexibility index (Phi) is 4.02. The van der Waals surface area contributed by atoms with Crippen LogP contribution in [0.2, 0.25) is 0 Å². The third-order valence-corrected chi connectivity index (χ3v) is 4.16. The number of halogens is 2. The van der Waals surface area contributed by atoms with E-state index >= 15 is 0 Å². The van der Waals surface area contributed by atoms with Gasteiger partial charge in [-0.2, -0.15) is 0 Å². The first-order valence-electron chi connectivity index (χ1n) is 7.41. The molecular weight excluding hydrogens is 268 g/mol. The van der Waals surface area contributed by atoms with Gasteiger partial charge in [-0.1, -0.05) is 17.7 Å². The third-order valence-electron chi connectivity index (χ3n) is 4.16. The fourth-order valence-electron chi connectivity index (χ4n) is 3.02. The summed E-state index contributed by atoms with van der Waals surface area (Å²) in [5, 5.41) is 3.31. The monoisotopic (exact) mass is 287 g/mol. The zero-order valence-electron chi connectivity index (χ0n) is 12.1. The van der Waals surface area contributed by atoms with Crippen LogP contribution in [0.4, 0.5) is 8.78 Å². The highest BCUT2D eigenvalue weighted by Gasteiger charge is 2.17. The zero-order chi connectivity index (χ0) is 14.8. The Bertz CT molecular complexity index is 646. The molecule has 3 rings (SSSR count). The van der Waals surface area contributed by atoms with Crippen LogP contribution in [0.25, 0.3) is 11.1 Å². The van der Waals surface area contributed by atoms with Gasteiger partial charge in [0.05, 0.1) is 0 Å². The van der Waals surface area contributed by atoms with Crippen LogP contribution >= 0.6 is 0 Å². The molecule has 110 valence electrons. The molecule has 0 aromatic heterocycles. The standard InChI is InChI=1S/C18H19F2N/c1-12-2-3-18(20)17(8-12)15-9-14(10-16(19)11-15)13-4-6-21-7-5-13/h2-3,8-11,13,21H,4-7H2,1H3. The van der Waals surface area contributed by atoms with Crippen LogP contribution in [0.3, 0.4) is 0 Å². The van der Waals surface area contributed by atoms with E-state index in [9.17, 15) is 8.78 Å². The Morgan fingerprint density at radius 1 is 1.00 bits per heavy atom. The average molecular weight is 287 g/mol. The van der Waals surface area contributed by atoms with Crippen molar-refractivity contribution in [2.45, 2.75) is 25.7 Å². The first-order valence-corrected chi connectivity index (χ1v) is 7.41. The van der Waals surface area contributed by atoms with Crippen molar-refractivity contribution in [1.29, 1.82) is 0 Å². The van der Waals surface area contributed by atoms with Gasteiger partial charge < -0.3 is 5.32 Å². The lowest BCUT2D eigenvalue weighted by Crippen LogP contribution is -2.26. The van der Waals surface area contributed by atoms with Gasteiger partial charge in [-0.25, -0.2) is 8.78 Å². The summed E-state index contributed by atoms with van der Waals surface area (Å²) < 4.78 is 28.0. The summed E-state index contributed by atoms with van der Waals surface area (Å²) in [5.74, 6) is -0.238. The minimum absolute atomic E-state index is 0.290. The molecule has 0 spiro atoms. The second-order valence-electron chi connectivity index (χ2n) is 5.78. The molecule has 1 aliphatic heterocycles. The highest BCUT2D eigenvalue weighted by molar-refractivity contribution is 5.66. The van der Waals surface area contributed by atoms with Crippen LogP contribution < -0.4 is 5.32 Å². The Balaban J connectivity index is 2.02. The van der Waals surface area contributed by atoms with E-state index in [2.05, 4.69) is 5.32 Å². The number of hydrogen-bond donors (Lipinski definition) is 1. The molecule has 0 atom stereocenters. The van der Waals surface area contributed by atoms with E-state index in [1.165, 1.54) is 12.1 Å². The van der Waals surface area contributed by atoms with Crippen molar-refractivity contribution >= 4 is 0 Å². The molecule has 3 heteroatoms. The van der Waals surface area contributed by atoms with Crippen molar-refractivity contribution in [2.75, 3.05) is 13.1 Å². The van der Waals surface area contributed by atoms with Gasteiger partial charge in [0.1, 0.15) is 11.6 Å². The molecule has 1 nitrogen and oxygen atoms in total. The Labute approximate surface area is 124 Å². The van der Waals surface area contributed by atoms with Crippen molar-refractivity contribution in [3.8, 4) is 11.1 Å². The second-order valence-corrected chi connectivity index (χ2v) is 5.78. The highest BCUT2D eigenvalue weighted by Crippen LogP contribution is 2.31. The predicted molar refractivity (Wildman–Crippen MR) is 81.4 cm³/mol. The Morgan fingerprint density at radius 3 is 2.52 bits per heavy atom. The van der Waals surface area contributed by atoms with Gasteiger partial charge in [0, 0.05) is 5.56 Å². The van der Waals surface area contributed by atoms with Gasteiger partial charge in [-0.05, 0) is 74.2 Å². The molecule has 0 aliphatic carbocycles. The molecule has 1 aliphatic rings. The van der Waals surface area contributed by atoms with Crippen LogP contribution in [0.15, 0.2) is 36.4 Å². The van der Waals surface area contributed by atoms with Gasteiger partial charge in [0.15, 0.2) is 0 Å². The molecule has 1 heterocycles. The number of nitrogens with one attached hydrogen (secondary N) is 1. The van der Waals surface area contributed by atoms with Crippen molar-refractivity contribution in [3.05, 3.63) is 59.2 Å². The third kappa shape index (κ3) is 3.13. The fraction of sp³-hybridized carbons (Fsp3) is 0.333. The topological polar surface area (TPSA) is 12.0 Å². The van der Waals surface area contributed by atoms with Gasteiger partial charge >= 0.3 is 0 Å². The first kappa shape index (κ1) is 14.2. The van der Waals surface area contributed by atoms with Crippen LogP contribution in [0, 0.1) is 18.6 Å². The van der Waals surface area contributed by atoms with Gasteiger partial charge in [0.25, 0.3) is 0 Å². The van der Waals surface area contributed by atoms with Crippen LogP contribution in [0.1, 0.15) is 29.9 Å². The van der Waals surface area contributed by atoms with Crippen LogP contribution in [0.5, 0.6) is 0 Å². The molecule has 1 fully saturated rings. The number of piperidine rings is 1. The molecule has 0 saturated carbocycles. The van der Waals surface area contributed by atoms with Gasteiger partial charge in [-0.15, -0.1) is 0 Å². The van der Waals surface area contributed by atoms with Crippen molar-refractivity contribution < 1.29 is 8.78 Å². The summed E-state index contributed by atoms with van der Waals surface area (Å²) in [6.45, 7) is 3.82. The lowest BCUT2D eigenvalue weighted by molar-refractivity contribution is 0.458. The minimum Gasteiger partial charge on any atom is -0.317 e. The maximum Gasteiger partial charge on any atom is 0.131 e. The zero-order valence-corrected chi connectivity index (χ0v) is 12.1. The Morgan fingerprint density at radius 2 is 1.76 bits per heavy atom. The fourth-order valence-corrected chi connectivity index (χ4v) is 3.02. The summed E-state index contributed by atoms with van der Waals surface area (Å²) in [5.41, 5.74) is 3.06. The van der Waals surface area contributed by atoms with Gasteiger partial charge in [-0.3, -0.25) is 0 Å². The number of benzene rings is 2. The average Bonchev–Trinajstić information content (AvgIpc) is 2.50. The molecule has 1 N–H and O–H groups in total. The predicted octanol–water partition coefficient (Wildman–Crippen LogP) is 4.41. The maximum absolute atomic E-state index is 14.0. The second kappa shape index (κ2) is 5.94. The Hall–Kier alpha value is -1.74. The molecule has 0 radical (unpaired) electrons. The molecule has 2 aromatic rings. The van der Waals surface area contributed by atoms with Crippen LogP contribution in [-0.2, 0) is 0 Å². The molecule has 2 aromatic carbocycles. The smallest absolute Gasteiger partial charge is 0.131 e. The lowest BCUT2D eigenvalue weighted by Gasteiger charge is -2.23. The van der Waals surface area contributed by atoms with E-state index in [1.807, 2.05) is 13.0 Å². The van der Waals surface area contributed by atoms with Crippen molar-refractivity contribution in [1.82, 2.24) is 5.32 Å². The van der Waals surface area contributed by atoms with Crippen molar-refractivity contribution in [2.24, 2.45) is 0 Å². The van der Waals surface area contributed by atoms with E-state index in [1.54, 1.807) is 18.2 Å². The summed E-state index contributed by atoms with van der Waals surface area (Å²) in [7, 11) is 0. The molecule has 1 saturated heterocycles. The van der Waals surface area contributed by atoms with E-state index < -0.39 is 0 Å². The SMILES string of the molecule is Cc1ccc(F)c(-c2cc(F)cc(C3CCNCC3)c2)c1. The summed E-state index contributed by atoms with van der Waals surface area (Å²) in [6, 6.07) is 9.90. The number of hydrogen-bond acceptors (Lipinski definition) is 1.